The SMILES string of the molecule is BOCC(COP(=O)(O)O)O[C@@H](B)C. The van der Waals surface area contributed by atoms with Gasteiger partial charge in [-0.25, -0.2) is 4.57 Å². The molecule has 9 heteroatoms. The van der Waals surface area contributed by atoms with Gasteiger partial charge < -0.3 is 19.2 Å². The highest BCUT2D eigenvalue weighted by Crippen LogP contribution is 2.35. The van der Waals surface area contributed by atoms with Crippen molar-refractivity contribution >= 4 is 23.7 Å². The largest absolute Gasteiger partial charge is 0.469 e. The average molecular weight is 224 g/mol. The molecule has 0 rings (SSSR count). The van der Waals surface area contributed by atoms with E-state index in [1.165, 1.54) is 8.05 Å². The van der Waals surface area contributed by atoms with Crippen molar-refractivity contribution in [2.75, 3.05) is 13.2 Å². The zero-order valence-corrected chi connectivity index (χ0v) is 9.44. The van der Waals surface area contributed by atoms with Gasteiger partial charge in [-0.05, 0) is 6.92 Å². The van der Waals surface area contributed by atoms with Gasteiger partial charge >= 0.3 is 7.82 Å². The van der Waals surface area contributed by atoms with Gasteiger partial charge in [0.05, 0.1) is 13.2 Å². The first-order chi connectivity index (χ1) is 6.35. The standard InChI is InChI=1S/C5H15B2O6P/c1-4(6)13-5(2-11-7)3-12-14(8,9)10/h4-5H,2-3,6-7H2,1H3,(H2,8,9,10)/t4-,5?/m1/s1. The molecule has 0 aliphatic heterocycles. The lowest BCUT2D eigenvalue weighted by Gasteiger charge is -2.20. The lowest BCUT2D eigenvalue weighted by Crippen LogP contribution is -2.29. The molecule has 0 spiro atoms. The maximum Gasteiger partial charge on any atom is 0.469 e. The first-order valence-electron chi connectivity index (χ1n) is 4.19. The highest BCUT2D eigenvalue weighted by molar-refractivity contribution is 7.46. The van der Waals surface area contributed by atoms with E-state index < -0.39 is 13.9 Å². The normalized spacial score (nSPS) is 16.5. The van der Waals surface area contributed by atoms with Crippen LogP contribution in [-0.4, -0.2) is 51.0 Å². The lowest BCUT2D eigenvalue weighted by atomic mass is 10.0. The van der Waals surface area contributed by atoms with E-state index in [1.54, 1.807) is 0 Å². The summed E-state index contributed by atoms with van der Waals surface area (Å²) in [6, 6.07) is -0.0458. The van der Waals surface area contributed by atoms with Gasteiger partial charge in [-0.15, -0.1) is 0 Å². The van der Waals surface area contributed by atoms with Crippen molar-refractivity contribution in [2.45, 2.75) is 19.0 Å². The van der Waals surface area contributed by atoms with E-state index in [-0.39, 0.29) is 19.2 Å². The molecule has 1 unspecified atom stereocenters. The summed E-state index contributed by atoms with van der Waals surface area (Å²) >= 11 is 0. The Morgan fingerprint density at radius 3 is 2.36 bits per heavy atom. The van der Waals surface area contributed by atoms with Crippen LogP contribution in [0, 0.1) is 0 Å². The van der Waals surface area contributed by atoms with Crippen LogP contribution in [0.3, 0.4) is 0 Å². The molecule has 0 aliphatic rings. The average Bonchev–Trinajstić information content (AvgIpc) is 1.98. The number of hydrogen-bond acceptors (Lipinski definition) is 4. The maximum atomic E-state index is 10.4. The Hall–Kier alpha value is 0.160. The Balaban J connectivity index is 3.90. The van der Waals surface area contributed by atoms with Gasteiger partial charge in [0.1, 0.15) is 14.0 Å². The van der Waals surface area contributed by atoms with E-state index in [9.17, 15) is 4.57 Å². The van der Waals surface area contributed by atoms with Gasteiger partial charge in [-0.1, -0.05) is 0 Å². The summed E-state index contributed by atoms with van der Waals surface area (Å²) in [5.41, 5.74) is 0. The van der Waals surface area contributed by atoms with E-state index in [2.05, 4.69) is 4.52 Å². The van der Waals surface area contributed by atoms with E-state index in [1.807, 2.05) is 14.8 Å². The quantitative estimate of drug-likeness (QED) is 0.385. The monoisotopic (exact) mass is 224 g/mol. The van der Waals surface area contributed by atoms with Gasteiger partial charge in [-0.3, -0.25) is 4.52 Å². The molecule has 2 atom stereocenters. The van der Waals surface area contributed by atoms with Crippen LogP contribution in [-0.2, 0) is 18.5 Å². The second-order valence-electron chi connectivity index (χ2n) is 3.05. The van der Waals surface area contributed by atoms with Crippen molar-refractivity contribution in [1.29, 1.82) is 0 Å². The highest BCUT2D eigenvalue weighted by Gasteiger charge is 2.19. The first kappa shape index (κ1) is 14.2. The van der Waals surface area contributed by atoms with Gasteiger partial charge in [-0.2, -0.15) is 0 Å². The Morgan fingerprint density at radius 2 is 2.00 bits per heavy atom. The molecule has 0 bridgehead atoms. The third-order valence-electron chi connectivity index (χ3n) is 1.25. The maximum absolute atomic E-state index is 10.4. The molecule has 0 amide bonds. The Morgan fingerprint density at radius 1 is 1.43 bits per heavy atom. The van der Waals surface area contributed by atoms with E-state index in [0.29, 0.717) is 0 Å². The van der Waals surface area contributed by atoms with Crippen molar-refractivity contribution in [3.63, 3.8) is 0 Å². The van der Waals surface area contributed by atoms with Crippen LogP contribution >= 0.6 is 7.82 Å². The second kappa shape index (κ2) is 6.61. The van der Waals surface area contributed by atoms with Crippen LogP contribution in [0.1, 0.15) is 6.92 Å². The minimum absolute atomic E-state index is 0.0458. The highest BCUT2D eigenvalue weighted by atomic mass is 31.2. The van der Waals surface area contributed by atoms with Crippen molar-refractivity contribution in [1.82, 2.24) is 0 Å². The summed E-state index contributed by atoms with van der Waals surface area (Å²) in [7, 11) is -1.12. The third-order valence-corrected chi connectivity index (χ3v) is 1.73. The fourth-order valence-electron chi connectivity index (χ4n) is 0.878. The summed E-state index contributed by atoms with van der Waals surface area (Å²) in [6.07, 6.45) is -0.465. The van der Waals surface area contributed by atoms with E-state index >= 15 is 0 Å². The Kier molecular flexibility index (Phi) is 6.68. The summed E-state index contributed by atoms with van der Waals surface area (Å²) in [6.45, 7) is 1.87. The second-order valence-corrected chi connectivity index (χ2v) is 4.29. The summed E-state index contributed by atoms with van der Waals surface area (Å²) in [5, 5.41) is 0. The van der Waals surface area contributed by atoms with Gasteiger partial charge in [0.15, 0.2) is 0 Å². The van der Waals surface area contributed by atoms with Gasteiger partial charge in [0, 0.05) is 6.00 Å². The summed E-state index contributed by atoms with van der Waals surface area (Å²) < 4.78 is 24.8. The van der Waals surface area contributed by atoms with Crippen molar-refractivity contribution in [3.05, 3.63) is 0 Å². The third kappa shape index (κ3) is 8.74. The predicted molar refractivity (Wildman–Crippen MR) is 55.4 cm³/mol. The molecule has 0 aliphatic carbocycles. The molecule has 0 aromatic heterocycles. The molecule has 0 radical (unpaired) electrons. The fraction of sp³-hybridized carbons (Fsp3) is 1.00. The van der Waals surface area contributed by atoms with Crippen molar-refractivity contribution in [2.24, 2.45) is 0 Å². The molecule has 6 nitrogen and oxygen atoms in total. The molecule has 0 saturated carbocycles. The van der Waals surface area contributed by atoms with Gasteiger partial charge in [0.25, 0.3) is 8.05 Å². The minimum Gasteiger partial charge on any atom is -0.441 e. The molecule has 0 aromatic carbocycles. The number of phosphoric ester groups is 1. The van der Waals surface area contributed by atoms with Crippen LogP contribution in [0.4, 0.5) is 0 Å². The molecular weight excluding hydrogens is 209 g/mol. The topological polar surface area (TPSA) is 85.2 Å². The lowest BCUT2D eigenvalue weighted by molar-refractivity contribution is -0.0213. The molecule has 2 N–H and O–H groups in total. The molecule has 14 heavy (non-hydrogen) atoms. The number of phosphoric acid groups is 1. The predicted octanol–water partition coefficient (Wildman–Crippen LogP) is -1.98. The van der Waals surface area contributed by atoms with Crippen LogP contribution in [0.5, 0.6) is 0 Å². The molecule has 0 heterocycles. The molecule has 82 valence electrons. The summed E-state index contributed by atoms with van der Waals surface area (Å²) in [4.78, 5) is 16.9. The van der Waals surface area contributed by atoms with Crippen LogP contribution < -0.4 is 0 Å². The Labute approximate surface area is 85.0 Å². The summed E-state index contributed by atoms with van der Waals surface area (Å²) in [5.74, 6) is 0. The van der Waals surface area contributed by atoms with E-state index in [4.69, 9.17) is 19.2 Å². The molecule has 0 aromatic rings. The van der Waals surface area contributed by atoms with Crippen LogP contribution in [0.25, 0.3) is 0 Å². The van der Waals surface area contributed by atoms with E-state index in [0.717, 1.165) is 0 Å². The van der Waals surface area contributed by atoms with Gasteiger partial charge in [0.2, 0.25) is 0 Å². The zero-order valence-electron chi connectivity index (χ0n) is 8.54. The van der Waals surface area contributed by atoms with Crippen molar-refractivity contribution < 1.29 is 28.3 Å². The molecule has 0 fully saturated rings. The fourth-order valence-corrected chi connectivity index (χ4v) is 1.24. The van der Waals surface area contributed by atoms with Crippen LogP contribution in [0.15, 0.2) is 0 Å². The number of rotatable bonds is 7. The Bertz CT molecular complexity index is 195. The smallest absolute Gasteiger partial charge is 0.441 e. The minimum atomic E-state index is -4.42. The molecule has 0 saturated heterocycles. The molecular formula is C5H15B2O6P. The zero-order chi connectivity index (χ0) is 11.2. The number of hydrogen-bond donors (Lipinski definition) is 2. The number of ether oxygens (including phenoxy) is 1. The van der Waals surface area contributed by atoms with Crippen molar-refractivity contribution in [3.8, 4) is 0 Å². The van der Waals surface area contributed by atoms with Crippen LogP contribution in [0.2, 0.25) is 0 Å². The first-order valence-corrected chi connectivity index (χ1v) is 5.72.